The highest BCUT2D eigenvalue weighted by molar-refractivity contribution is 6.32. The molecule has 0 saturated heterocycles. The van der Waals surface area contributed by atoms with E-state index in [9.17, 15) is 14.4 Å². The maximum Gasteiger partial charge on any atom is 0.221 e. The topological polar surface area (TPSA) is 101 Å². The number of ketones is 2. The molecule has 3 aromatic carbocycles. The van der Waals surface area contributed by atoms with E-state index in [2.05, 4.69) is 10.6 Å². The van der Waals surface area contributed by atoms with E-state index in [-0.39, 0.29) is 28.6 Å². The Balaban J connectivity index is 0.00000132. The highest BCUT2D eigenvalue weighted by atomic mass is 16.1. The monoisotopic (exact) mass is 415 g/mol. The van der Waals surface area contributed by atoms with Crippen molar-refractivity contribution in [1.29, 1.82) is 0 Å². The van der Waals surface area contributed by atoms with Crippen LogP contribution in [0.5, 0.6) is 0 Å². The van der Waals surface area contributed by atoms with E-state index < -0.39 is 0 Å². The van der Waals surface area contributed by atoms with Crippen molar-refractivity contribution >= 4 is 40.2 Å². The number of rotatable bonds is 3. The average molecular weight is 415 g/mol. The number of carbonyl (C=O) groups excluding carboxylic acids is 3. The summed E-state index contributed by atoms with van der Waals surface area (Å²) in [5.74, 6) is -0.642. The van der Waals surface area contributed by atoms with E-state index in [0.29, 0.717) is 39.4 Å². The average Bonchev–Trinajstić information content (AvgIpc) is 2.77. The first-order valence-corrected chi connectivity index (χ1v) is 10.1. The summed E-state index contributed by atoms with van der Waals surface area (Å²) in [6.45, 7) is 7.25. The zero-order chi connectivity index (χ0) is 22.7. The second-order valence-corrected chi connectivity index (χ2v) is 6.99. The number of hydrogen-bond acceptors (Lipinski definition) is 5. The van der Waals surface area contributed by atoms with Crippen molar-refractivity contribution in [2.24, 2.45) is 0 Å². The van der Waals surface area contributed by atoms with Gasteiger partial charge in [0.05, 0.1) is 16.8 Å². The summed E-state index contributed by atoms with van der Waals surface area (Å²) in [5.41, 5.74) is 10.4. The largest absolute Gasteiger partial charge is 0.398 e. The summed E-state index contributed by atoms with van der Waals surface area (Å²) in [6.07, 6.45) is 0. The maximum atomic E-state index is 13.2. The Kier molecular flexibility index (Phi) is 6.20. The van der Waals surface area contributed by atoms with Gasteiger partial charge in [-0.15, -0.1) is 0 Å². The van der Waals surface area contributed by atoms with Gasteiger partial charge in [-0.1, -0.05) is 38.1 Å². The first-order chi connectivity index (χ1) is 14.9. The van der Waals surface area contributed by atoms with Crippen molar-refractivity contribution in [2.45, 2.75) is 27.7 Å². The van der Waals surface area contributed by atoms with Gasteiger partial charge in [0, 0.05) is 35.1 Å². The fourth-order valence-electron chi connectivity index (χ4n) is 3.55. The van der Waals surface area contributed by atoms with Crippen LogP contribution >= 0.6 is 0 Å². The van der Waals surface area contributed by atoms with Crippen LogP contribution in [-0.4, -0.2) is 17.5 Å². The van der Waals surface area contributed by atoms with Crippen molar-refractivity contribution in [3.8, 4) is 0 Å². The van der Waals surface area contributed by atoms with Gasteiger partial charge in [0.25, 0.3) is 0 Å². The summed E-state index contributed by atoms with van der Waals surface area (Å²) >= 11 is 0. The van der Waals surface area contributed by atoms with Crippen LogP contribution in [0.3, 0.4) is 0 Å². The maximum absolute atomic E-state index is 13.2. The van der Waals surface area contributed by atoms with Crippen molar-refractivity contribution in [1.82, 2.24) is 0 Å². The summed E-state index contributed by atoms with van der Waals surface area (Å²) in [7, 11) is 0. The van der Waals surface area contributed by atoms with Crippen LogP contribution in [0.2, 0.25) is 0 Å². The molecule has 3 aromatic rings. The molecule has 4 rings (SSSR count). The van der Waals surface area contributed by atoms with Gasteiger partial charge in [-0.2, -0.15) is 0 Å². The fourth-order valence-corrected chi connectivity index (χ4v) is 3.55. The van der Waals surface area contributed by atoms with E-state index in [1.807, 2.05) is 13.8 Å². The molecule has 0 bridgehead atoms. The lowest BCUT2D eigenvalue weighted by atomic mass is 9.81. The van der Waals surface area contributed by atoms with Crippen LogP contribution in [0.15, 0.2) is 54.6 Å². The summed E-state index contributed by atoms with van der Waals surface area (Å²) in [6, 6.07) is 15.6. The Morgan fingerprint density at radius 2 is 1.35 bits per heavy atom. The van der Waals surface area contributed by atoms with Crippen LogP contribution < -0.4 is 16.4 Å². The lowest BCUT2D eigenvalue weighted by Crippen LogP contribution is -2.24. The Bertz CT molecular complexity index is 1180. The number of fused-ring (bicyclic) bond motifs is 2. The lowest BCUT2D eigenvalue weighted by Gasteiger charge is -2.23. The molecule has 0 unspecified atom stereocenters. The number of nitrogen functional groups attached to an aromatic ring is 1. The van der Waals surface area contributed by atoms with Gasteiger partial charge in [0.15, 0.2) is 11.6 Å². The van der Waals surface area contributed by atoms with Gasteiger partial charge < -0.3 is 16.4 Å². The molecule has 0 spiro atoms. The number of aryl methyl sites for hydroxylation is 1. The van der Waals surface area contributed by atoms with Gasteiger partial charge >= 0.3 is 0 Å². The summed E-state index contributed by atoms with van der Waals surface area (Å²) < 4.78 is 0. The minimum Gasteiger partial charge on any atom is -0.398 e. The first kappa shape index (κ1) is 21.8. The minimum atomic E-state index is -0.250. The van der Waals surface area contributed by atoms with Gasteiger partial charge in [-0.25, -0.2) is 0 Å². The van der Waals surface area contributed by atoms with Crippen LogP contribution in [0.4, 0.5) is 22.7 Å². The van der Waals surface area contributed by atoms with Crippen molar-refractivity contribution in [3.63, 3.8) is 0 Å². The molecule has 0 aromatic heterocycles. The molecule has 1 amide bonds. The van der Waals surface area contributed by atoms with E-state index in [1.54, 1.807) is 61.5 Å². The van der Waals surface area contributed by atoms with E-state index in [0.717, 1.165) is 0 Å². The molecule has 31 heavy (non-hydrogen) atoms. The molecule has 1 aliphatic carbocycles. The Morgan fingerprint density at radius 3 is 1.90 bits per heavy atom. The summed E-state index contributed by atoms with van der Waals surface area (Å²) in [4.78, 5) is 37.5. The third kappa shape index (κ3) is 4.05. The highest BCUT2D eigenvalue weighted by Crippen LogP contribution is 2.38. The number of carbonyl (C=O) groups is 3. The molecule has 0 atom stereocenters. The van der Waals surface area contributed by atoms with Gasteiger partial charge in [-0.3, -0.25) is 14.4 Å². The molecule has 6 nitrogen and oxygen atoms in total. The Hall–Kier alpha value is -3.93. The number of amides is 1. The van der Waals surface area contributed by atoms with Crippen molar-refractivity contribution < 1.29 is 14.4 Å². The third-order valence-electron chi connectivity index (χ3n) is 4.93. The summed E-state index contributed by atoms with van der Waals surface area (Å²) in [5, 5.41) is 5.93. The highest BCUT2D eigenvalue weighted by Gasteiger charge is 2.34. The van der Waals surface area contributed by atoms with Crippen molar-refractivity contribution in [2.75, 3.05) is 16.4 Å². The molecule has 1 aliphatic rings. The number of benzene rings is 3. The normalized spacial score (nSPS) is 11.6. The number of nitrogens with one attached hydrogen (secondary N) is 2. The predicted molar refractivity (Wildman–Crippen MR) is 124 cm³/mol. The van der Waals surface area contributed by atoms with Crippen LogP contribution in [-0.2, 0) is 4.79 Å². The Morgan fingerprint density at radius 1 is 0.839 bits per heavy atom. The van der Waals surface area contributed by atoms with E-state index in [1.165, 1.54) is 6.92 Å². The van der Waals surface area contributed by atoms with Crippen molar-refractivity contribution in [3.05, 3.63) is 82.4 Å². The number of anilines is 4. The molecule has 0 fully saturated rings. The van der Waals surface area contributed by atoms with Crippen LogP contribution in [0, 0.1) is 6.92 Å². The second kappa shape index (κ2) is 8.83. The Labute approximate surface area is 181 Å². The number of hydrogen-bond donors (Lipinski definition) is 3. The molecular formula is C25H25N3O3. The standard InChI is InChI=1S/C23H19N3O3.C2H6/c1-12-11-18(26-15-9-7-14(8-10-15)25-13(2)27)19-20(21(12)24)23(29)17-6-4-3-5-16(17)22(19)28;1-2/h3-11,26H,24H2,1-2H3,(H,25,27);1-2H3. The SMILES string of the molecule is CC.CC(=O)Nc1ccc(Nc2cc(C)c(N)c3c2C(=O)c2ccccc2C3=O)cc1. The first-order valence-electron chi connectivity index (χ1n) is 10.1. The number of nitrogens with two attached hydrogens (primary N) is 1. The fraction of sp³-hybridized carbons (Fsp3) is 0.160. The van der Waals surface area contributed by atoms with E-state index >= 15 is 0 Å². The van der Waals surface area contributed by atoms with Gasteiger partial charge in [-0.05, 0) is 42.8 Å². The quantitative estimate of drug-likeness (QED) is 0.405. The zero-order valence-electron chi connectivity index (χ0n) is 18.0. The molecule has 0 aliphatic heterocycles. The van der Waals surface area contributed by atoms with Crippen LogP contribution in [0.1, 0.15) is 58.2 Å². The molecule has 0 heterocycles. The van der Waals surface area contributed by atoms with Gasteiger partial charge in [0.1, 0.15) is 0 Å². The molecule has 0 radical (unpaired) electrons. The van der Waals surface area contributed by atoms with Gasteiger partial charge in [0.2, 0.25) is 5.91 Å². The minimum absolute atomic E-state index is 0.156. The molecule has 158 valence electrons. The predicted octanol–water partition coefficient (Wildman–Crippen LogP) is 5.08. The molecule has 0 saturated carbocycles. The molecular weight excluding hydrogens is 390 g/mol. The zero-order valence-corrected chi connectivity index (χ0v) is 18.0. The smallest absolute Gasteiger partial charge is 0.221 e. The molecule has 4 N–H and O–H groups in total. The van der Waals surface area contributed by atoms with E-state index in [4.69, 9.17) is 5.73 Å². The third-order valence-corrected chi connectivity index (χ3v) is 4.93. The molecule has 6 heteroatoms. The second-order valence-electron chi connectivity index (χ2n) is 6.99. The van der Waals surface area contributed by atoms with Crippen LogP contribution in [0.25, 0.3) is 0 Å². The lowest BCUT2D eigenvalue weighted by molar-refractivity contribution is -0.114.